The Bertz CT molecular complexity index is 446. The summed E-state index contributed by atoms with van der Waals surface area (Å²) < 4.78 is 26.1. The van der Waals surface area contributed by atoms with Crippen LogP contribution in [0.3, 0.4) is 0 Å². The van der Waals surface area contributed by atoms with Crippen molar-refractivity contribution < 1.29 is 13.6 Å². The first kappa shape index (κ1) is 11.3. The van der Waals surface area contributed by atoms with Gasteiger partial charge in [0.1, 0.15) is 5.02 Å². The van der Waals surface area contributed by atoms with Crippen molar-refractivity contribution in [2.75, 3.05) is 4.90 Å². The van der Waals surface area contributed by atoms with Gasteiger partial charge in [-0.25, -0.2) is 8.78 Å². The van der Waals surface area contributed by atoms with E-state index in [1.807, 2.05) is 0 Å². The van der Waals surface area contributed by atoms with Gasteiger partial charge in [0.25, 0.3) is 0 Å². The molecular weight excluding hydrogens is 236 g/mol. The van der Waals surface area contributed by atoms with Gasteiger partial charge in [-0.05, 0) is 25.0 Å². The van der Waals surface area contributed by atoms with Gasteiger partial charge in [-0.15, -0.1) is 0 Å². The van der Waals surface area contributed by atoms with Gasteiger partial charge in [0.05, 0.1) is 5.69 Å². The predicted molar refractivity (Wildman–Crippen MR) is 57.6 cm³/mol. The average Bonchev–Trinajstić information content (AvgIpc) is 3.02. The fourth-order valence-corrected chi connectivity index (χ4v) is 1.90. The van der Waals surface area contributed by atoms with Crippen LogP contribution in [0.15, 0.2) is 12.1 Å². The molecule has 0 N–H and O–H groups in total. The fraction of sp³-hybridized carbons (Fsp3) is 0.364. The molecule has 5 heteroatoms. The molecule has 1 aromatic rings. The molecule has 0 spiro atoms. The van der Waals surface area contributed by atoms with Gasteiger partial charge in [0, 0.05) is 13.0 Å². The van der Waals surface area contributed by atoms with Crippen LogP contribution in [0.1, 0.15) is 19.8 Å². The standard InChI is InChI=1S/C11H10ClF2NO/c1-6(16)15(7-2-3-7)9-5-4-8(13)11(14)10(9)12/h4-5,7H,2-3H2,1H3. The molecule has 0 saturated heterocycles. The van der Waals surface area contributed by atoms with Crippen LogP contribution in [-0.4, -0.2) is 11.9 Å². The van der Waals surface area contributed by atoms with E-state index in [0.717, 1.165) is 18.9 Å². The summed E-state index contributed by atoms with van der Waals surface area (Å²) in [4.78, 5) is 12.8. The highest BCUT2D eigenvalue weighted by molar-refractivity contribution is 6.34. The number of rotatable bonds is 2. The number of carbonyl (C=O) groups excluding carboxylic acids is 1. The highest BCUT2D eigenvalue weighted by Gasteiger charge is 2.33. The summed E-state index contributed by atoms with van der Waals surface area (Å²) >= 11 is 5.70. The van der Waals surface area contributed by atoms with Crippen LogP contribution < -0.4 is 4.90 Å². The summed E-state index contributed by atoms with van der Waals surface area (Å²) in [5.41, 5.74) is 0.246. The summed E-state index contributed by atoms with van der Waals surface area (Å²) in [7, 11) is 0. The highest BCUT2D eigenvalue weighted by Crippen LogP contribution is 2.37. The number of hydrogen-bond donors (Lipinski definition) is 0. The van der Waals surface area contributed by atoms with Crippen LogP contribution >= 0.6 is 11.6 Å². The zero-order valence-electron chi connectivity index (χ0n) is 8.64. The van der Waals surface area contributed by atoms with Crippen molar-refractivity contribution in [3.8, 4) is 0 Å². The lowest BCUT2D eigenvalue weighted by atomic mass is 10.2. The van der Waals surface area contributed by atoms with Crippen molar-refractivity contribution in [3.05, 3.63) is 28.8 Å². The number of anilines is 1. The minimum atomic E-state index is -1.11. The number of amides is 1. The number of halogens is 3. The van der Waals surface area contributed by atoms with E-state index in [1.165, 1.54) is 17.9 Å². The van der Waals surface area contributed by atoms with Crippen LogP contribution in [0.4, 0.5) is 14.5 Å². The Hall–Kier alpha value is -1.16. The maximum absolute atomic E-state index is 13.3. The van der Waals surface area contributed by atoms with Gasteiger partial charge in [-0.1, -0.05) is 11.6 Å². The molecule has 0 bridgehead atoms. The Kier molecular flexibility index (Phi) is 2.84. The first-order valence-corrected chi connectivity index (χ1v) is 5.33. The summed E-state index contributed by atoms with van der Waals surface area (Å²) in [6.45, 7) is 1.38. The molecule has 2 nitrogen and oxygen atoms in total. The quantitative estimate of drug-likeness (QED) is 0.733. The van der Waals surface area contributed by atoms with Gasteiger partial charge in [-0.3, -0.25) is 4.79 Å². The first-order valence-electron chi connectivity index (χ1n) is 4.95. The van der Waals surface area contributed by atoms with E-state index in [2.05, 4.69) is 0 Å². The minimum absolute atomic E-state index is 0.0693. The smallest absolute Gasteiger partial charge is 0.224 e. The van der Waals surface area contributed by atoms with E-state index in [9.17, 15) is 13.6 Å². The Labute approximate surface area is 96.8 Å². The van der Waals surface area contributed by atoms with E-state index in [0.29, 0.717) is 0 Å². The predicted octanol–water partition coefficient (Wildman–Crippen LogP) is 3.13. The third kappa shape index (κ3) is 1.89. The van der Waals surface area contributed by atoms with Gasteiger partial charge in [-0.2, -0.15) is 0 Å². The normalized spacial score (nSPS) is 15.0. The molecule has 0 radical (unpaired) electrons. The van der Waals surface area contributed by atoms with Crippen molar-refractivity contribution in [2.24, 2.45) is 0 Å². The van der Waals surface area contributed by atoms with E-state index in [4.69, 9.17) is 11.6 Å². The lowest BCUT2D eigenvalue weighted by Crippen LogP contribution is -2.31. The molecule has 16 heavy (non-hydrogen) atoms. The minimum Gasteiger partial charge on any atom is -0.308 e. The molecule has 1 fully saturated rings. The first-order chi connectivity index (χ1) is 7.52. The second-order valence-electron chi connectivity index (χ2n) is 3.81. The summed E-state index contributed by atoms with van der Waals surface area (Å²) in [5, 5.41) is -0.331. The molecule has 1 aliphatic rings. The third-order valence-electron chi connectivity index (χ3n) is 2.53. The molecular formula is C11H10ClF2NO. The lowest BCUT2D eigenvalue weighted by molar-refractivity contribution is -0.116. The molecule has 86 valence electrons. The van der Waals surface area contributed by atoms with E-state index >= 15 is 0 Å². The molecule has 1 aliphatic carbocycles. The van der Waals surface area contributed by atoms with E-state index < -0.39 is 11.6 Å². The van der Waals surface area contributed by atoms with Crippen LogP contribution in [0.5, 0.6) is 0 Å². The monoisotopic (exact) mass is 245 g/mol. The van der Waals surface area contributed by atoms with Crippen LogP contribution in [0.2, 0.25) is 5.02 Å². The van der Waals surface area contributed by atoms with Crippen molar-refractivity contribution >= 4 is 23.2 Å². The number of hydrogen-bond acceptors (Lipinski definition) is 1. The topological polar surface area (TPSA) is 20.3 Å². The average molecular weight is 246 g/mol. The molecule has 0 unspecified atom stereocenters. The number of carbonyl (C=O) groups is 1. The molecule has 0 aromatic heterocycles. The summed E-state index contributed by atoms with van der Waals surface area (Å²) in [6.07, 6.45) is 1.74. The van der Waals surface area contributed by atoms with Gasteiger partial charge >= 0.3 is 0 Å². The summed E-state index contributed by atoms with van der Waals surface area (Å²) in [5.74, 6) is -2.32. The molecule has 2 rings (SSSR count). The van der Waals surface area contributed by atoms with Crippen molar-refractivity contribution in [1.82, 2.24) is 0 Å². The fourth-order valence-electron chi connectivity index (χ4n) is 1.66. The van der Waals surface area contributed by atoms with Crippen LogP contribution in [0, 0.1) is 11.6 Å². The molecule has 0 atom stereocenters. The Morgan fingerprint density at radius 3 is 2.56 bits per heavy atom. The van der Waals surface area contributed by atoms with Gasteiger partial charge in [0.15, 0.2) is 11.6 Å². The zero-order chi connectivity index (χ0) is 11.9. The maximum Gasteiger partial charge on any atom is 0.224 e. The second kappa shape index (κ2) is 4.01. The molecule has 1 amide bonds. The van der Waals surface area contributed by atoms with Crippen molar-refractivity contribution in [3.63, 3.8) is 0 Å². The molecule has 1 aromatic carbocycles. The Morgan fingerprint density at radius 1 is 1.44 bits per heavy atom. The molecule has 0 aliphatic heterocycles. The summed E-state index contributed by atoms with van der Waals surface area (Å²) in [6, 6.07) is 2.38. The van der Waals surface area contributed by atoms with E-state index in [-0.39, 0.29) is 22.7 Å². The second-order valence-corrected chi connectivity index (χ2v) is 4.19. The maximum atomic E-state index is 13.3. The van der Waals surface area contributed by atoms with Gasteiger partial charge in [0.2, 0.25) is 5.91 Å². The van der Waals surface area contributed by atoms with Gasteiger partial charge < -0.3 is 4.90 Å². The van der Waals surface area contributed by atoms with Crippen LogP contribution in [-0.2, 0) is 4.79 Å². The number of nitrogens with zero attached hydrogens (tertiary/aromatic N) is 1. The number of benzene rings is 1. The van der Waals surface area contributed by atoms with E-state index in [1.54, 1.807) is 0 Å². The van der Waals surface area contributed by atoms with Crippen molar-refractivity contribution in [2.45, 2.75) is 25.8 Å². The SMILES string of the molecule is CC(=O)N(c1ccc(F)c(F)c1Cl)C1CC1. The van der Waals surface area contributed by atoms with Crippen LogP contribution in [0.25, 0.3) is 0 Å². The zero-order valence-corrected chi connectivity index (χ0v) is 9.39. The Morgan fingerprint density at radius 2 is 2.06 bits per heavy atom. The highest BCUT2D eigenvalue weighted by atomic mass is 35.5. The third-order valence-corrected chi connectivity index (χ3v) is 2.89. The largest absolute Gasteiger partial charge is 0.308 e. The van der Waals surface area contributed by atoms with Crippen molar-refractivity contribution in [1.29, 1.82) is 0 Å². The molecule has 1 saturated carbocycles. The Balaban J connectivity index is 2.45. The lowest BCUT2D eigenvalue weighted by Gasteiger charge is -2.22. The molecule has 0 heterocycles.